The molecule has 0 bridgehead atoms. The quantitative estimate of drug-likeness (QED) is 0.334. The average Bonchev–Trinajstić information content (AvgIpc) is 2.66. The third-order valence-electron chi connectivity index (χ3n) is 3.91. The number of hydrogen-bond donors (Lipinski definition) is 1. The van der Waals surface area contributed by atoms with Crippen LogP contribution in [0.15, 0.2) is 77.8 Å². The largest absolute Gasteiger partial charge is 0.322 e. The summed E-state index contributed by atoms with van der Waals surface area (Å²) in [5.41, 5.74) is 0.714. The number of aromatic nitrogens is 1. The topological polar surface area (TPSA) is 42.0 Å². The number of hydrogen-bond acceptors (Lipinski definition) is 2. The van der Waals surface area contributed by atoms with Crippen LogP contribution in [0.2, 0.25) is 0 Å². The predicted molar refractivity (Wildman–Crippen MR) is 105 cm³/mol. The van der Waals surface area contributed by atoms with E-state index in [1.54, 1.807) is 24.3 Å². The van der Waals surface area contributed by atoms with E-state index in [0.717, 1.165) is 18.2 Å². The monoisotopic (exact) mass is 444 g/mol. The first kappa shape index (κ1) is 21.4. The molecule has 0 aliphatic rings. The highest BCUT2D eigenvalue weighted by Crippen LogP contribution is 3.02. The second kappa shape index (κ2) is 6.91. The van der Waals surface area contributed by atoms with Gasteiger partial charge in [-0.3, -0.25) is 9.78 Å². The molecule has 3 rings (SSSR count). The molecule has 0 spiro atoms. The van der Waals surface area contributed by atoms with E-state index in [0.29, 0.717) is 16.8 Å². The Morgan fingerprint density at radius 3 is 2.30 bits per heavy atom. The van der Waals surface area contributed by atoms with Crippen molar-refractivity contribution in [1.29, 1.82) is 0 Å². The Morgan fingerprint density at radius 1 is 0.933 bits per heavy atom. The number of carbonyl (C=O) groups is 1. The van der Waals surface area contributed by atoms with Gasteiger partial charge in [0.25, 0.3) is 0 Å². The summed E-state index contributed by atoms with van der Waals surface area (Å²) in [5, 5.41) is 2.09. The molecular formula is C20H14F6N2OS. The van der Waals surface area contributed by atoms with Gasteiger partial charge in [-0.25, -0.2) is 4.39 Å². The molecule has 1 heterocycles. The molecule has 0 saturated carbocycles. The maximum Gasteiger partial charge on any atom is 0.310 e. The Labute approximate surface area is 167 Å². The zero-order valence-corrected chi connectivity index (χ0v) is 15.9. The van der Waals surface area contributed by atoms with Crippen LogP contribution < -0.4 is 5.32 Å². The van der Waals surface area contributed by atoms with Gasteiger partial charge < -0.3 is 5.32 Å². The number of halogens is 6. The van der Waals surface area contributed by atoms with Crippen LogP contribution in [0.1, 0.15) is 5.56 Å². The molecule has 0 radical (unpaired) electrons. The van der Waals surface area contributed by atoms with E-state index >= 15 is 0 Å². The highest BCUT2D eigenvalue weighted by atomic mass is 32.5. The minimum atomic E-state index is -9.84. The normalized spacial score (nSPS) is 14.2. The third-order valence-corrected chi connectivity index (χ3v) is 5.06. The zero-order valence-electron chi connectivity index (χ0n) is 15.0. The maximum absolute atomic E-state index is 13.8. The lowest BCUT2D eigenvalue weighted by atomic mass is 10.1. The number of carbonyl (C=O) groups excluding carboxylic acids is 1. The lowest BCUT2D eigenvalue weighted by Gasteiger charge is -2.40. The molecular weight excluding hydrogens is 430 g/mol. The second-order valence-electron chi connectivity index (χ2n) is 6.28. The van der Waals surface area contributed by atoms with Crippen molar-refractivity contribution in [3.05, 3.63) is 84.3 Å². The van der Waals surface area contributed by atoms with Crippen LogP contribution >= 0.6 is 10.2 Å². The van der Waals surface area contributed by atoms with E-state index in [4.69, 9.17) is 0 Å². The Hall–Kier alpha value is -3.27. The summed E-state index contributed by atoms with van der Waals surface area (Å²) in [4.78, 5) is 13.9. The average molecular weight is 444 g/mol. The molecule has 30 heavy (non-hydrogen) atoms. The smallest absolute Gasteiger partial charge is 0.310 e. The molecule has 0 aliphatic heterocycles. The van der Waals surface area contributed by atoms with E-state index in [9.17, 15) is 28.6 Å². The van der Waals surface area contributed by atoms with Gasteiger partial charge in [0.2, 0.25) is 5.91 Å². The Balaban J connectivity index is 1.71. The number of amides is 1. The van der Waals surface area contributed by atoms with E-state index in [2.05, 4.69) is 10.3 Å². The summed E-state index contributed by atoms with van der Waals surface area (Å²) in [5.74, 6) is -1.27. The lowest BCUT2D eigenvalue weighted by Crippen LogP contribution is -2.10. The molecule has 0 atom stereocenters. The molecule has 2 aromatic carbocycles. The first-order valence-corrected chi connectivity index (χ1v) is 10.3. The van der Waals surface area contributed by atoms with Crippen molar-refractivity contribution < 1.29 is 28.6 Å². The molecule has 1 amide bonds. The van der Waals surface area contributed by atoms with Gasteiger partial charge >= 0.3 is 10.2 Å². The first-order chi connectivity index (χ1) is 13.8. The van der Waals surface area contributed by atoms with Gasteiger partial charge in [0, 0.05) is 23.5 Å². The highest BCUT2D eigenvalue weighted by molar-refractivity contribution is 8.45. The van der Waals surface area contributed by atoms with Gasteiger partial charge in [-0.15, -0.1) is 0 Å². The molecule has 158 valence electrons. The van der Waals surface area contributed by atoms with Gasteiger partial charge in [-0.1, -0.05) is 43.7 Å². The molecule has 3 aromatic rings. The highest BCUT2D eigenvalue weighted by Gasteiger charge is 2.65. The van der Waals surface area contributed by atoms with Crippen molar-refractivity contribution in [3.63, 3.8) is 0 Å². The number of nitrogens with one attached hydrogen (secondary N) is 1. The molecule has 0 fully saturated rings. The van der Waals surface area contributed by atoms with Crippen LogP contribution in [-0.4, -0.2) is 10.9 Å². The van der Waals surface area contributed by atoms with Crippen molar-refractivity contribution in [2.75, 3.05) is 5.32 Å². The van der Waals surface area contributed by atoms with Crippen molar-refractivity contribution in [1.82, 2.24) is 4.98 Å². The summed E-state index contributed by atoms with van der Waals surface area (Å²) in [6.07, 6.45) is 3.70. The van der Waals surface area contributed by atoms with Gasteiger partial charge in [0.15, 0.2) is 0 Å². The van der Waals surface area contributed by atoms with Crippen molar-refractivity contribution in [2.45, 2.75) is 4.90 Å². The maximum atomic E-state index is 13.8. The van der Waals surface area contributed by atoms with Crippen LogP contribution in [-0.2, 0) is 4.79 Å². The fourth-order valence-electron chi connectivity index (χ4n) is 2.50. The molecule has 0 saturated heterocycles. The molecule has 1 N–H and O–H groups in total. The van der Waals surface area contributed by atoms with Crippen LogP contribution in [0.25, 0.3) is 17.3 Å². The minimum Gasteiger partial charge on any atom is -0.322 e. The Kier molecular flexibility index (Phi) is 4.94. The number of benzene rings is 2. The van der Waals surface area contributed by atoms with E-state index in [1.165, 1.54) is 24.4 Å². The summed E-state index contributed by atoms with van der Waals surface area (Å²) >= 11 is 0. The number of pyridine rings is 1. The van der Waals surface area contributed by atoms with Crippen molar-refractivity contribution in [3.8, 4) is 11.3 Å². The van der Waals surface area contributed by atoms with Crippen molar-refractivity contribution >= 4 is 27.9 Å². The molecule has 0 aliphatic carbocycles. The Morgan fingerprint density at radius 2 is 1.67 bits per heavy atom. The van der Waals surface area contributed by atoms with Crippen LogP contribution in [0.4, 0.5) is 29.5 Å². The van der Waals surface area contributed by atoms with Gasteiger partial charge in [0.1, 0.15) is 10.7 Å². The molecule has 10 heteroatoms. The van der Waals surface area contributed by atoms with Gasteiger partial charge in [0.05, 0.1) is 5.69 Å². The zero-order chi connectivity index (χ0) is 22.1. The van der Waals surface area contributed by atoms with Crippen LogP contribution in [0, 0.1) is 5.82 Å². The van der Waals surface area contributed by atoms with Gasteiger partial charge in [-0.05, 0) is 48.0 Å². The number of nitrogens with zero attached hydrogens (tertiary/aromatic N) is 1. The van der Waals surface area contributed by atoms with Gasteiger partial charge in [-0.2, -0.15) is 0 Å². The first-order valence-electron chi connectivity index (χ1n) is 8.36. The molecule has 1 aromatic heterocycles. The van der Waals surface area contributed by atoms with E-state index in [1.807, 2.05) is 0 Å². The Bertz CT molecular complexity index is 1130. The van der Waals surface area contributed by atoms with Crippen LogP contribution in [0.5, 0.6) is 0 Å². The summed E-state index contributed by atoms with van der Waals surface area (Å²) in [6, 6.07) is 11.4. The fraction of sp³-hybridized carbons (Fsp3) is 0. The van der Waals surface area contributed by atoms with E-state index < -0.39 is 32.5 Å². The molecule has 0 unspecified atom stereocenters. The summed E-state index contributed by atoms with van der Waals surface area (Å²) in [6.45, 7) is 0. The SMILES string of the molecule is O=C(/C=C/c1ccc(-c2ccccc2F)nc1)Nc1cccc(S(F)(F)(F)(F)F)c1. The third kappa shape index (κ3) is 5.41. The lowest BCUT2D eigenvalue weighted by molar-refractivity contribution is -0.111. The summed E-state index contributed by atoms with van der Waals surface area (Å²) in [7, 11) is -9.84. The molecule has 3 nitrogen and oxygen atoms in total. The predicted octanol–water partition coefficient (Wildman–Crippen LogP) is 7.20. The standard InChI is InChI=1S/C20H14F6N2OS/c21-18-7-2-1-6-17(18)19-10-8-14(13-27-19)9-11-20(29)28-15-4-3-5-16(12-15)30(22,23,24,25)26/h1-13H,(H,28,29)/b11-9+. The minimum absolute atomic E-state index is 0.179. The second-order valence-corrected chi connectivity index (χ2v) is 8.69. The van der Waals surface area contributed by atoms with E-state index in [-0.39, 0.29) is 12.1 Å². The fourth-order valence-corrected chi connectivity index (χ4v) is 3.19. The van der Waals surface area contributed by atoms with Crippen molar-refractivity contribution in [2.24, 2.45) is 0 Å². The number of anilines is 1. The number of rotatable bonds is 5. The summed E-state index contributed by atoms with van der Waals surface area (Å²) < 4.78 is 78.1. The van der Waals surface area contributed by atoms with Crippen LogP contribution in [0.3, 0.4) is 0 Å².